The van der Waals surface area contributed by atoms with Crippen LogP contribution < -0.4 is 14.9 Å². The number of anilines is 2. The molecule has 130 valence electrons. The maximum Gasteiger partial charge on any atom is 0.316 e. The van der Waals surface area contributed by atoms with Crippen molar-refractivity contribution in [3.63, 3.8) is 0 Å². The molecular formula is C18H21N4O3+. The number of nitrogens with one attached hydrogen (secondary N) is 1. The average Bonchev–Trinajstić information content (AvgIpc) is 2.61. The van der Waals surface area contributed by atoms with E-state index in [2.05, 4.69) is 5.32 Å². The van der Waals surface area contributed by atoms with Gasteiger partial charge in [-0.15, -0.1) is 0 Å². The molecule has 2 heterocycles. The van der Waals surface area contributed by atoms with Crippen molar-refractivity contribution in [3.8, 4) is 0 Å². The fraction of sp³-hybridized carbons (Fsp3) is 0.278. The average molecular weight is 341 g/mol. The zero-order valence-electron chi connectivity index (χ0n) is 14.1. The smallest absolute Gasteiger partial charge is 0.316 e. The highest BCUT2D eigenvalue weighted by Crippen LogP contribution is 2.16. The van der Waals surface area contributed by atoms with E-state index in [0.717, 1.165) is 4.73 Å². The molecule has 0 atom stereocenters. The molecule has 2 amide bonds. The number of carbonyl (C=O) groups excluding carboxylic acids is 2. The van der Waals surface area contributed by atoms with Crippen LogP contribution in [0.5, 0.6) is 0 Å². The lowest BCUT2D eigenvalue weighted by Crippen LogP contribution is -2.52. The molecule has 2 N–H and O–H groups in total. The van der Waals surface area contributed by atoms with E-state index in [4.69, 9.17) is 0 Å². The van der Waals surface area contributed by atoms with Gasteiger partial charge in [0, 0.05) is 24.2 Å². The zero-order chi connectivity index (χ0) is 17.8. The summed E-state index contributed by atoms with van der Waals surface area (Å²) in [5.74, 6) is 0.484. The van der Waals surface area contributed by atoms with Crippen molar-refractivity contribution in [2.75, 3.05) is 36.4 Å². The number of pyridine rings is 1. The molecule has 1 aliphatic heterocycles. The molecule has 7 heteroatoms. The fourth-order valence-electron chi connectivity index (χ4n) is 2.93. The van der Waals surface area contributed by atoms with Gasteiger partial charge in [0.25, 0.3) is 5.91 Å². The minimum atomic E-state index is -0.168. The van der Waals surface area contributed by atoms with Crippen molar-refractivity contribution in [2.24, 2.45) is 0 Å². The van der Waals surface area contributed by atoms with Crippen LogP contribution in [0.15, 0.2) is 48.7 Å². The van der Waals surface area contributed by atoms with Crippen molar-refractivity contribution in [3.05, 3.63) is 54.2 Å². The third kappa shape index (κ3) is 3.88. The van der Waals surface area contributed by atoms with Crippen LogP contribution in [-0.2, 0) is 4.79 Å². The Bertz CT molecular complexity index is 785. The van der Waals surface area contributed by atoms with Gasteiger partial charge in [0.15, 0.2) is 0 Å². The Morgan fingerprint density at radius 2 is 1.84 bits per heavy atom. The molecule has 3 rings (SSSR count). The summed E-state index contributed by atoms with van der Waals surface area (Å²) in [5, 5.41) is 12.6. The lowest BCUT2D eigenvalue weighted by Gasteiger charge is -2.31. The maximum absolute atomic E-state index is 12.7. The Morgan fingerprint density at radius 1 is 1.08 bits per heavy atom. The van der Waals surface area contributed by atoms with E-state index in [1.807, 2.05) is 17.0 Å². The van der Waals surface area contributed by atoms with Crippen LogP contribution in [0.25, 0.3) is 0 Å². The molecule has 0 saturated carbocycles. The topological polar surface area (TPSA) is 76.8 Å². The van der Waals surface area contributed by atoms with Gasteiger partial charge in [-0.05, 0) is 24.3 Å². The molecule has 1 aromatic carbocycles. The van der Waals surface area contributed by atoms with Crippen molar-refractivity contribution < 1.29 is 19.5 Å². The standard InChI is InChI=1S/C18H20N4O3/c1-14(23)19-16-6-4-5-15(13-16)18(24)21-11-9-20(10-12-21)17-7-2-3-8-22(17)25/h2-8,13H,9-12H2,1H3,(H-,19,23,25)/p+1. The highest BCUT2D eigenvalue weighted by Gasteiger charge is 2.28. The molecule has 0 aliphatic carbocycles. The van der Waals surface area contributed by atoms with Crippen molar-refractivity contribution in [1.82, 2.24) is 4.90 Å². The number of aromatic nitrogens is 1. The first-order valence-electron chi connectivity index (χ1n) is 8.16. The van der Waals surface area contributed by atoms with Crippen molar-refractivity contribution in [1.29, 1.82) is 0 Å². The number of hydrogen-bond acceptors (Lipinski definition) is 4. The predicted molar refractivity (Wildman–Crippen MR) is 92.7 cm³/mol. The molecular weight excluding hydrogens is 320 g/mol. The van der Waals surface area contributed by atoms with E-state index < -0.39 is 0 Å². The van der Waals surface area contributed by atoms with Crippen molar-refractivity contribution >= 4 is 23.3 Å². The summed E-state index contributed by atoms with van der Waals surface area (Å²) in [7, 11) is 0. The van der Waals surface area contributed by atoms with Gasteiger partial charge in [-0.2, -0.15) is 0 Å². The number of rotatable bonds is 3. The SMILES string of the molecule is CC(=O)Nc1cccc(C(=O)N2CCN(c3cccc[n+]3O)CC2)c1. The molecule has 1 aliphatic rings. The number of carbonyl (C=O) groups is 2. The van der Waals surface area contributed by atoms with E-state index in [1.165, 1.54) is 6.92 Å². The number of hydrogen-bond donors (Lipinski definition) is 2. The fourth-order valence-corrected chi connectivity index (χ4v) is 2.93. The molecule has 0 unspecified atom stereocenters. The first-order valence-corrected chi connectivity index (χ1v) is 8.16. The van der Waals surface area contributed by atoms with Gasteiger partial charge in [-0.1, -0.05) is 16.9 Å². The third-order valence-electron chi connectivity index (χ3n) is 4.14. The summed E-state index contributed by atoms with van der Waals surface area (Å²) in [4.78, 5) is 27.7. The zero-order valence-corrected chi connectivity index (χ0v) is 14.1. The van der Waals surface area contributed by atoms with Crippen molar-refractivity contribution in [2.45, 2.75) is 6.92 Å². The Labute approximate surface area is 146 Å². The summed E-state index contributed by atoms with van der Waals surface area (Å²) in [6, 6.07) is 12.4. The second kappa shape index (κ2) is 7.21. The monoisotopic (exact) mass is 341 g/mol. The lowest BCUT2D eigenvalue weighted by atomic mass is 10.1. The number of nitrogens with zero attached hydrogens (tertiary/aromatic N) is 3. The van der Waals surface area contributed by atoms with Crippen LogP contribution in [0.3, 0.4) is 0 Å². The Morgan fingerprint density at radius 3 is 2.52 bits per heavy atom. The van der Waals surface area contributed by atoms with Crippen LogP contribution in [-0.4, -0.2) is 48.1 Å². The molecule has 2 aromatic rings. The minimum Gasteiger partial charge on any atom is -0.350 e. The van der Waals surface area contributed by atoms with Crippen LogP contribution >= 0.6 is 0 Å². The summed E-state index contributed by atoms with van der Waals surface area (Å²) >= 11 is 0. The molecule has 0 radical (unpaired) electrons. The van der Waals surface area contributed by atoms with Gasteiger partial charge in [0.05, 0.1) is 13.1 Å². The van der Waals surface area contributed by atoms with Gasteiger partial charge in [-0.3, -0.25) is 14.5 Å². The summed E-state index contributed by atoms with van der Waals surface area (Å²) in [5.41, 5.74) is 1.17. The van der Waals surface area contributed by atoms with E-state index >= 15 is 0 Å². The summed E-state index contributed by atoms with van der Waals surface area (Å²) in [6.07, 6.45) is 1.58. The normalized spacial score (nSPS) is 14.3. The summed E-state index contributed by atoms with van der Waals surface area (Å²) < 4.78 is 1.09. The largest absolute Gasteiger partial charge is 0.350 e. The predicted octanol–water partition coefficient (Wildman–Crippen LogP) is 1.13. The van der Waals surface area contributed by atoms with Gasteiger partial charge in [0.1, 0.15) is 19.3 Å². The van der Waals surface area contributed by atoms with Crippen LogP contribution in [0.1, 0.15) is 17.3 Å². The van der Waals surface area contributed by atoms with E-state index in [0.29, 0.717) is 43.2 Å². The highest BCUT2D eigenvalue weighted by atomic mass is 16.5. The molecule has 1 aromatic heterocycles. The van der Waals surface area contributed by atoms with Crippen LogP contribution in [0.2, 0.25) is 0 Å². The van der Waals surface area contributed by atoms with E-state index in [-0.39, 0.29) is 11.8 Å². The third-order valence-corrected chi connectivity index (χ3v) is 4.14. The van der Waals surface area contributed by atoms with Gasteiger partial charge in [0.2, 0.25) is 5.91 Å². The Hall–Kier alpha value is -3.09. The summed E-state index contributed by atoms with van der Waals surface area (Å²) in [6.45, 7) is 3.85. The van der Waals surface area contributed by atoms with E-state index in [1.54, 1.807) is 41.4 Å². The molecule has 0 spiro atoms. The van der Waals surface area contributed by atoms with E-state index in [9.17, 15) is 14.8 Å². The number of amides is 2. The first kappa shape index (κ1) is 16.8. The quantitative estimate of drug-likeness (QED) is 0.648. The molecule has 0 bridgehead atoms. The Balaban J connectivity index is 1.66. The Kier molecular flexibility index (Phi) is 4.83. The molecule has 7 nitrogen and oxygen atoms in total. The molecule has 25 heavy (non-hydrogen) atoms. The second-order valence-corrected chi connectivity index (χ2v) is 5.94. The maximum atomic E-state index is 12.7. The molecule has 1 saturated heterocycles. The van der Waals surface area contributed by atoms with Crippen LogP contribution in [0, 0.1) is 0 Å². The first-order chi connectivity index (χ1) is 12.0. The number of piperazine rings is 1. The minimum absolute atomic E-state index is 0.0585. The second-order valence-electron chi connectivity index (χ2n) is 5.94. The van der Waals surface area contributed by atoms with Gasteiger partial charge >= 0.3 is 5.82 Å². The molecule has 1 fully saturated rings. The van der Waals surface area contributed by atoms with Gasteiger partial charge < -0.3 is 15.4 Å². The van der Waals surface area contributed by atoms with Crippen LogP contribution in [0.4, 0.5) is 11.5 Å². The van der Waals surface area contributed by atoms with Gasteiger partial charge in [-0.25, -0.2) is 0 Å². The highest BCUT2D eigenvalue weighted by molar-refractivity contribution is 5.96. The number of benzene rings is 1. The lowest BCUT2D eigenvalue weighted by molar-refractivity contribution is -0.894.